The topological polar surface area (TPSA) is 96.0 Å². The summed E-state index contributed by atoms with van der Waals surface area (Å²) in [6.45, 7) is 5.61. The van der Waals surface area contributed by atoms with Crippen molar-refractivity contribution in [3.05, 3.63) is 156 Å². The molecule has 49 heavy (non-hydrogen) atoms. The number of likely N-dealkylation sites (N-methyl/N-ethyl adjacent to an activating group) is 1. The third-order valence-electron chi connectivity index (χ3n) is 8.05. The van der Waals surface area contributed by atoms with Crippen LogP contribution in [-0.2, 0) is 32.6 Å². The fraction of sp³-hybridized carbons (Fsp3) is 0.200. The average molecular weight is 676 g/mol. The van der Waals surface area contributed by atoms with E-state index in [9.17, 15) is 18.0 Å². The van der Waals surface area contributed by atoms with Crippen LogP contribution >= 0.6 is 0 Å². The summed E-state index contributed by atoms with van der Waals surface area (Å²) in [5.41, 5.74) is 3.88. The SMILES string of the molecule is CCNC(=O)[C@H](Cc1ccccc1)N(Cc1cccc(C)c1)C(=O)CN(c1ccc(Oc2ccccc2)cc1)S(=O)(=O)c1ccc(C)cc1. The lowest BCUT2D eigenvalue weighted by atomic mass is 10.0. The first-order valence-corrected chi connectivity index (χ1v) is 17.7. The zero-order valence-electron chi connectivity index (χ0n) is 28.0. The Morgan fingerprint density at radius 2 is 1.33 bits per heavy atom. The van der Waals surface area contributed by atoms with Crippen molar-refractivity contribution in [1.29, 1.82) is 0 Å². The smallest absolute Gasteiger partial charge is 0.264 e. The van der Waals surface area contributed by atoms with E-state index in [-0.39, 0.29) is 29.5 Å². The molecule has 0 spiro atoms. The highest BCUT2D eigenvalue weighted by Gasteiger charge is 2.34. The van der Waals surface area contributed by atoms with Gasteiger partial charge in [0.25, 0.3) is 10.0 Å². The van der Waals surface area contributed by atoms with Crippen molar-refractivity contribution >= 4 is 27.5 Å². The first-order valence-electron chi connectivity index (χ1n) is 16.2. The molecule has 5 rings (SSSR count). The van der Waals surface area contributed by atoms with E-state index in [1.165, 1.54) is 17.0 Å². The van der Waals surface area contributed by atoms with Gasteiger partial charge in [-0.05, 0) is 80.4 Å². The normalized spacial score (nSPS) is 11.7. The number of ether oxygens (including phenoxy) is 1. The van der Waals surface area contributed by atoms with Crippen molar-refractivity contribution in [3.63, 3.8) is 0 Å². The van der Waals surface area contributed by atoms with Crippen molar-refractivity contribution in [2.24, 2.45) is 0 Å². The molecule has 0 aliphatic heterocycles. The maximum atomic E-state index is 14.6. The molecule has 0 bridgehead atoms. The molecule has 0 aromatic heterocycles. The third-order valence-corrected chi connectivity index (χ3v) is 9.84. The molecule has 5 aromatic carbocycles. The predicted octanol–water partition coefficient (Wildman–Crippen LogP) is 7.07. The van der Waals surface area contributed by atoms with Gasteiger partial charge in [-0.2, -0.15) is 0 Å². The fourth-order valence-electron chi connectivity index (χ4n) is 5.52. The Kier molecular flexibility index (Phi) is 11.5. The molecule has 5 aromatic rings. The van der Waals surface area contributed by atoms with Crippen LogP contribution in [0.15, 0.2) is 138 Å². The molecule has 0 fully saturated rings. The molecule has 0 unspecified atom stereocenters. The monoisotopic (exact) mass is 675 g/mol. The van der Waals surface area contributed by atoms with Gasteiger partial charge in [-0.15, -0.1) is 0 Å². The summed E-state index contributed by atoms with van der Waals surface area (Å²) in [7, 11) is -4.22. The lowest BCUT2D eigenvalue weighted by Gasteiger charge is -2.34. The predicted molar refractivity (Wildman–Crippen MR) is 193 cm³/mol. The van der Waals surface area contributed by atoms with Gasteiger partial charge in [0.1, 0.15) is 24.1 Å². The van der Waals surface area contributed by atoms with Crippen molar-refractivity contribution in [1.82, 2.24) is 10.2 Å². The highest BCUT2D eigenvalue weighted by molar-refractivity contribution is 7.92. The van der Waals surface area contributed by atoms with Crippen LogP contribution in [0.5, 0.6) is 11.5 Å². The number of nitrogens with zero attached hydrogens (tertiary/aromatic N) is 2. The van der Waals surface area contributed by atoms with E-state index in [0.717, 1.165) is 26.6 Å². The van der Waals surface area contributed by atoms with Gasteiger partial charge in [0.2, 0.25) is 11.8 Å². The molecule has 1 N–H and O–H groups in total. The summed E-state index contributed by atoms with van der Waals surface area (Å²) in [5, 5.41) is 2.89. The minimum absolute atomic E-state index is 0.0466. The van der Waals surface area contributed by atoms with Crippen molar-refractivity contribution in [2.45, 2.75) is 44.7 Å². The van der Waals surface area contributed by atoms with E-state index in [0.29, 0.717) is 18.0 Å². The Bertz CT molecular complexity index is 1950. The number of para-hydroxylation sites is 1. The number of benzene rings is 5. The van der Waals surface area contributed by atoms with Gasteiger partial charge in [-0.3, -0.25) is 13.9 Å². The summed E-state index contributed by atoms with van der Waals surface area (Å²) < 4.78 is 35.7. The molecular formula is C40H41N3O5S. The number of hydrogen-bond donors (Lipinski definition) is 1. The number of rotatable bonds is 14. The summed E-state index contributed by atoms with van der Waals surface area (Å²) in [5.74, 6) is 0.307. The molecule has 0 aliphatic rings. The van der Waals surface area contributed by atoms with Crippen LogP contribution in [0.2, 0.25) is 0 Å². The van der Waals surface area contributed by atoms with Gasteiger partial charge in [0, 0.05) is 19.5 Å². The highest BCUT2D eigenvalue weighted by Crippen LogP contribution is 2.29. The molecule has 0 heterocycles. The van der Waals surface area contributed by atoms with Crippen LogP contribution < -0.4 is 14.4 Å². The lowest BCUT2D eigenvalue weighted by Crippen LogP contribution is -2.53. The second-order valence-corrected chi connectivity index (χ2v) is 13.7. The Morgan fingerprint density at radius 3 is 1.96 bits per heavy atom. The van der Waals surface area contributed by atoms with Crippen molar-refractivity contribution < 1.29 is 22.7 Å². The second kappa shape index (κ2) is 16.1. The van der Waals surface area contributed by atoms with Crippen LogP contribution in [0.1, 0.15) is 29.2 Å². The minimum atomic E-state index is -4.22. The number of hydrogen-bond acceptors (Lipinski definition) is 5. The van der Waals surface area contributed by atoms with Gasteiger partial charge in [-0.25, -0.2) is 8.42 Å². The average Bonchev–Trinajstić information content (AvgIpc) is 3.10. The summed E-state index contributed by atoms with van der Waals surface area (Å²) in [6.07, 6.45) is 0.250. The van der Waals surface area contributed by atoms with E-state index in [1.807, 2.05) is 106 Å². The Hall–Kier alpha value is -5.41. The van der Waals surface area contributed by atoms with Gasteiger partial charge >= 0.3 is 0 Å². The Morgan fingerprint density at radius 1 is 0.714 bits per heavy atom. The van der Waals surface area contributed by atoms with Crippen LogP contribution in [0.3, 0.4) is 0 Å². The number of sulfonamides is 1. The molecular weight excluding hydrogens is 635 g/mol. The molecule has 0 saturated carbocycles. The lowest BCUT2D eigenvalue weighted by molar-refractivity contribution is -0.140. The first kappa shape index (κ1) is 34.9. The number of carbonyl (C=O) groups excluding carboxylic acids is 2. The Balaban J connectivity index is 1.55. The van der Waals surface area contributed by atoms with Crippen molar-refractivity contribution in [3.8, 4) is 11.5 Å². The van der Waals surface area contributed by atoms with E-state index in [2.05, 4.69) is 5.32 Å². The van der Waals surface area contributed by atoms with Gasteiger partial charge in [0.05, 0.1) is 10.6 Å². The number of anilines is 1. The minimum Gasteiger partial charge on any atom is -0.457 e. The quantitative estimate of drug-likeness (QED) is 0.136. The fourth-order valence-corrected chi connectivity index (χ4v) is 6.94. The number of aryl methyl sites for hydroxylation is 2. The molecule has 252 valence electrons. The summed E-state index contributed by atoms with van der Waals surface area (Å²) in [4.78, 5) is 29.8. The molecule has 0 radical (unpaired) electrons. The molecule has 9 heteroatoms. The first-order chi connectivity index (χ1) is 23.6. The van der Waals surface area contributed by atoms with E-state index < -0.39 is 28.5 Å². The number of nitrogens with one attached hydrogen (secondary N) is 1. The molecule has 8 nitrogen and oxygen atoms in total. The summed E-state index contributed by atoms with van der Waals surface area (Å²) >= 11 is 0. The van der Waals surface area contributed by atoms with Crippen LogP contribution in [0.25, 0.3) is 0 Å². The van der Waals surface area contributed by atoms with Crippen LogP contribution in [-0.4, -0.2) is 44.3 Å². The highest BCUT2D eigenvalue weighted by atomic mass is 32.2. The summed E-state index contributed by atoms with van der Waals surface area (Å²) in [6, 6.07) is 38.7. The van der Waals surface area contributed by atoms with Crippen LogP contribution in [0, 0.1) is 13.8 Å². The van der Waals surface area contributed by atoms with Gasteiger partial charge in [-0.1, -0.05) is 96.1 Å². The third kappa shape index (κ3) is 9.15. The standard InChI is InChI=1S/C40H41N3O5S/c1-4-41-40(45)38(27-32-13-7-5-8-14-32)42(28-33-15-11-12-31(3)26-33)39(44)29-43(49(46,47)37-24-18-30(2)19-25-37)34-20-22-36(23-21-34)48-35-16-9-6-10-17-35/h5-26,38H,4,27-29H2,1-3H3,(H,41,45)/t38-/m0/s1. The number of carbonyl (C=O) groups is 2. The number of amides is 2. The maximum absolute atomic E-state index is 14.6. The molecule has 0 saturated heterocycles. The zero-order valence-corrected chi connectivity index (χ0v) is 28.8. The van der Waals surface area contributed by atoms with Gasteiger partial charge in [0.15, 0.2) is 0 Å². The molecule has 0 aliphatic carbocycles. The molecule has 1 atom stereocenters. The van der Waals surface area contributed by atoms with Crippen LogP contribution in [0.4, 0.5) is 5.69 Å². The second-order valence-electron chi connectivity index (χ2n) is 11.8. The van der Waals surface area contributed by atoms with Crippen molar-refractivity contribution in [2.75, 3.05) is 17.4 Å². The largest absolute Gasteiger partial charge is 0.457 e. The van der Waals surface area contributed by atoms with E-state index >= 15 is 0 Å². The zero-order chi connectivity index (χ0) is 34.8. The van der Waals surface area contributed by atoms with Gasteiger partial charge < -0.3 is 15.0 Å². The maximum Gasteiger partial charge on any atom is 0.264 e. The Labute approximate surface area is 289 Å². The molecule has 2 amide bonds. The van der Waals surface area contributed by atoms with E-state index in [4.69, 9.17) is 4.74 Å². The van der Waals surface area contributed by atoms with E-state index in [1.54, 1.807) is 36.4 Å².